The molecule has 0 amide bonds. The van der Waals surface area contributed by atoms with Gasteiger partial charge in [-0.05, 0) is 47.1 Å². The van der Waals surface area contributed by atoms with E-state index in [1.54, 1.807) is 6.26 Å². The molecule has 1 N–H and O–H groups in total. The molecule has 1 atom stereocenters. The summed E-state index contributed by atoms with van der Waals surface area (Å²) in [5.41, 5.74) is 0. The Labute approximate surface area is 120 Å². The van der Waals surface area contributed by atoms with Gasteiger partial charge in [0.15, 0.2) is 0 Å². The number of hydrogen-bond donors (Lipinski definition) is 1. The third-order valence-electron chi connectivity index (χ3n) is 2.62. The molecule has 0 aliphatic carbocycles. The summed E-state index contributed by atoms with van der Waals surface area (Å²) in [6.45, 7) is 3.07. The van der Waals surface area contributed by atoms with Crippen LogP contribution in [0.4, 0.5) is 0 Å². The van der Waals surface area contributed by atoms with Crippen LogP contribution in [0.3, 0.4) is 0 Å². The third-order valence-corrected chi connectivity index (χ3v) is 4.65. The number of hydrogen-bond acceptors (Lipinski definition) is 3. The molecule has 0 bridgehead atoms. The van der Waals surface area contributed by atoms with Crippen molar-refractivity contribution in [3.05, 3.63) is 52.9 Å². The van der Waals surface area contributed by atoms with Crippen molar-refractivity contribution in [1.29, 1.82) is 0 Å². The molecule has 4 heteroatoms. The monoisotopic (exact) mass is 325 g/mol. The molecule has 0 fully saturated rings. The lowest BCUT2D eigenvalue weighted by Crippen LogP contribution is -2.20. The van der Waals surface area contributed by atoms with E-state index in [0.717, 1.165) is 22.5 Å². The van der Waals surface area contributed by atoms with Gasteiger partial charge in [-0.3, -0.25) is 0 Å². The molecule has 96 valence electrons. The second-order valence-corrected chi connectivity index (χ2v) is 5.96. The summed E-state index contributed by atoms with van der Waals surface area (Å²) in [6.07, 6.45) is 1.71. The highest BCUT2D eigenvalue weighted by molar-refractivity contribution is 9.10. The molecule has 2 rings (SSSR count). The lowest BCUT2D eigenvalue weighted by atomic mass is 10.2. The zero-order valence-electron chi connectivity index (χ0n) is 10.2. The summed E-state index contributed by atoms with van der Waals surface area (Å²) in [6, 6.07) is 12.5. The number of benzene rings is 1. The molecule has 2 nitrogen and oxygen atoms in total. The summed E-state index contributed by atoms with van der Waals surface area (Å²) >= 11 is 5.40. The molecule has 0 spiro atoms. The Hall–Kier alpha value is -0.710. The van der Waals surface area contributed by atoms with Crippen LogP contribution in [0.25, 0.3) is 0 Å². The van der Waals surface area contributed by atoms with Gasteiger partial charge in [-0.15, -0.1) is 11.8 Å². The minimum absolute atomic E-state index is 0.264. The molecule has 0 saturated heterocycles. The number of furan rings is 1. The van der Waals surface area contributed by atoms with E-state index in [1.807, 2.05) is 30.0 Å². The van der Waals surface area contributed by atoms with Gasteiger partial charge in [0.05, 0.1) is 12.3 Å². The Kier molecular flexibility index (Phi) is 5.35. The van der Waals surface area contributed by atoms with Gasteiger partial charge in [0, 0.05) is 21.7 Å². The van der Waals surface area contributed by atoms with E-state index >= 15 is 0 Å². The minimum atomic E-state index is 0.264. The summed E-state index contributed by atoms with van der Waals surface area (Å²) in [5.74, 6) is 2.02. The zero-order chi connectivity index (χ0) is 12.8. The van der Waals surface area contributed by atoms with Crippen molar-refractivity contribution in [1.82, 2.24) is 5.32 Å². The smallest absolute Gasteiger partial charge is 0.120 e. The van der Waals surface area contributed by atoms with Crippen molar-refractivity contribution in [2.24, 2.45) is 0 Å². The van der Waals surface area contributed by atoms with E-state index in [2.05, 4.69) is 46.4 Å². The van der Waals surface area contributed by atoms with Gasteiger partial charge < -0.3 is 9.73 Å². The third kappa shape index (κ3) is 3.90. The molecular weight excluding hydrogens is 310 g/mol. The van der Waals surface area contributed by atoms with Crippen LogP contribution >= 0.6 is 27.7 Å². The van der Waals surface area contributed by atoms with Gasteiger partial charge in [-0.25, -0.2) is 0 Å². The molecule has 2 aromatic rings. The topological polar surface area (TPSA) is 25.2 Å². The number of nitrogens with one attached hydrogen (secondary N) is 1. The van der Waals surface area contributed by atoms with E-state index in [9.17, 15) is 0 Å². The Morgan fingerprint density at radius 2 is 2.11 bits per heavy atom. The maximum absolute atomic E-state index is 5.35. The van der Waals surface area contributed by atoms with Crippen LogP contribution in [0.2, 0.25) is 0 Å². The Morgan fingerprint density at radius 1 is 1.28 bits per heavy atom. The van der Waals surface area contributed by atoms with Gasteiger partial charge >= 0.3 is 0 Å². The van der Waals surface area contributed by atoms with Gasteiger partial charge in [-0.2, -0.15) is 0 Å². The van der Waals surface area contributed by atoms with Crippen molar-refractivity contribution in [3.63, 3.8) is 0 Å². The molecule has 1 aromatic carbocycles. The quantitative estimate of drug-likeness (QED) is 0.626. The van der Waals surface area contributed by atoms with Gasteiger partial charge in [0.2, 0.25) is 0 Å². The first kappa shape index (κ1) is 13.7. The minimum Gasteiger partial charge on any atom is -0.468 e. The molecule has 0 aliphatic heterocycles. The molecule has 1 unspecified atom stereocenters. The predicted molar refractivity (Wildman–Crippen MR) is 80.0 cm³/mol. The fourth-order valence-electron chi connectivity index (χ4n) is 1.64. The van der Waals surface area contributed by atoms with E-state index in [4.69, 9.17) is 4.42 Å². The maximum Gasteiger partial charge on any atom is 0.120 e. The maximum atomic E-state index is 5.35. The van der Waals surface area contributed by atoms with Gasteiger partial charge in [-0.1, -0.05) is 12.1 Å². The van der Waals surface area contributed by atoms with E-state index in [0.29, 0.717) is 0 Å². The van der Waals surface area contributed by atoms with Crippen molar-refractivity contribution in [2.45, 2.75) is 17.9 Å². The largest absolute Gasteiger partial charge is 0.468 e. The van der Waals surface area contributed by atoms with Crippen LogP contribution in [0.5, 0.6) is 0 Å². The molecule has 0 saturated carbocycles. The van der Waals surface area contributed by atoms with Gasteiger partial charge in [0.25, 0.3) is 0 Å². The highest BCUT2D eigenvalue weighted by atomic mass is 79.9. The second-order valence-electron chi connectivity index (χ2n) is 3.97. The summed E-state index contributed by atoms with van der Waals surface area (Å²) in [4.78, 5) is 1.28. The second kappa shape index (κ2) is 7.02. The zero-order valence-corrected chi connectivity index (χ0v) is 12.6. The predicted octanol–water partition coefficient (Wildman–Crippen LogP) is 4.49. The standard InChI is InChI=1S/C14H16BrNOS/c1-11(13-6-4-9-17-13)16-8-10-18-14-7-3-2-5-12(14)15/h2-7,9,11,16H,8,10H2,1H3. The van der Waals surface area contributed by atoms with Crippen molar-refractivity contribution in [2.75, 3.05) is 12.3 Å². The summed E-state index contributed by atoms with van der Waals surface area (Å²) < 4.78 is 6.51. The summed E-state index contributed by atoms with van der Waals surface area (Å²) in [7, 11) is 0. The fourth-order valence-corrected chi connectivity index (χ4v) is 3.09. The lowest BCUT2D eigenvalue weighted by molar-refractivity contribution is 0.438. The van der Waals surface area contributed by atoms with Crippen molar-refractivity contribution >= 4 is 27.7 Å². The van der Waals surface area contributed by atoms with Crippen LogP contribution < -0.4 is 5.32 Å². The fraction of sp³-hybridized carbons (Fsp3) is 0.286. The Bertz CT molecular complexity index is 472. The number of rotatable bonds is 6. The Morgan fingerprint density at radius 3 is 2.83 bits per heavy atom. The van der Waals surface area contributed by atoms with Crippen LogP contribution in [-0.4, -0.2) is 12.3 Å². The van der Waals surface area contributed by atoms with Gasteiger partial charge in [0.1, 0.15) is 5.76 Å². The van der Waals surface area contributed by atoms with E-state index < -0.39 is 0 Å². The number of thioether (sulfide) groups is 1. The first-order valence-corrected chi connectivity index (χ1v) is 7.69. The van der Waals surface area contributed by atoms with Crippen LogP contribution in [0.15, 0.2) is 56.4 Å². The van der Waals surface area contributed by atoms with Crippen molar-refractivity contribution in [3.8, 4) is 0 Å². The summed E-state index contributed by atoms with van der Waals surface area (Å²) in [5, 5.41) is 3.44. The lowest BCUT2D eigenvalue weighted by Gasteiger charge is -2.11. The van der Waals surface area contributed by atoms with Crippen LogP contribution in [-0.2, 0) is 0 Å². The van der Waals surface area contributed by atoms with E-state index in [1.165, 1.54) is 4.90 Å². The molecule has 0 aliphatic rings. The normalized spacial score (nSPS) is 12.6. The average Bonchev–Trinajstić information content (AvgIpc) is 2.90. The SMILES string of the molecule is CC(NCCSc1ccccc1Br)c1ccco1. The average molecular weight is 326 g/mol. The van der Waals surface area contributed by atoms with Crippen molar-refractivity contribution < 1.29 is 4.42 Å². The molecule has 0 radical (unpaired) electrons. The molecular formula is C14H16BrNOS. The number of halogens is 1. The molecule has 18 heavy (non-hydrogen) atoms. The Balaban J connectivity index is 1.72. The highest BCUT2D eigenvalue weighted by Crippen LogP contribution is 2.26. The van der Waals surface area contributed by atoms with E-state index in [-0.39, 0.29) is 6.04 Å². The molecule has 1 aromatic heterocycles. The van der Waals surface area contributed by atoms with Crippen LogP contribution in [0.1, 0.15) is 18.7 Å². The first-order valence-electron chi connectivity index (χ1n) is 5.91. The van der Waals surface area contributed by atoms with Crippen LogP contribution in [0, 0.1) is 0 Å². The first-order chi connectivity index (χ1) is 8.77. The molecule has 1 heterocycles. The highest BCUT2D eigenvalue weighted by Gasteiger charge is 2.06.